The minimum absolute atomic E-state index is 0.0229. The summed E-state index contributed by atoms with van der Waals surface area (Å²) in [6.45, 7) is 9.32. The van der Waals surface area contributed by atoms with Crippen LogP contribution in [0.5, 0.6) is 5.75 Å². The van der Waals surface area contributed by atoms with Crippen molar-refractivity contribution < 1.29 is 19.0 Å². The molecule has 0 bridgehead atoms. The van der Waals surface area contributed by atoms with Crippen LogP contribution in [0.15, 0.2) is 29.3 Å². The van der Waals surface area contributed by atoms with Crippen molar-refractivity contribution in [3.05, 3.63) is 54.7 Å². The lowest BCUT2D eigenvalue weighted by Gasteiger charge is -2.33. The molecule has 0 amide bonds. The fraction of sp³-hybridized carbons (Fsp3) is 0.522. The van der Waals surface area contributed by atoms with E-state index in [4.69, 9.17) is 25.8 Å². The Bertz CT molecular complexity index is 987. The van der Waals surface area contributed by atoms with Crippen molar-refractivity contribution in [1.82, 2.24) is 9.55 Å². The van der Waals surface area contributed by atoms with Gasteiger partial charge in [-0.1, -0.05) is 32.4 Å². The van der Waals surface area contributed by atoms with Crippen molar-refractivity contribution in [3.8, 4) is 5.75 Å². The summed E-state index contributed by atoms with van der Waals surface area (Å²) in [7, 11) is 1.65. The Kier molecular flexibility index (Phi) is 9.97. The number of hydrogen-bond acceptors (Lipinski definition) is 6. The van der Waals surface area contributed by atoms with Crippen molar-refractivity contribution in [2.75, 3.05) is 26.9 Å². The number of aromatic nitrogens is 2. The molecular weight excluding hydrogens is 547 g/mol. The van der Waals surface area contributed by atoms with Crippen LogP contribution in [0.25, 0.3) is 0 Å². The lowest BCUT2D eigenvalue weighted by atomic mass is 9.83. The lowest BCUT2D eigenvalue weighted by molar-refractivity contribution is 0.0523. The van der Waals surface area contributed by atoms with Crippen LogP contribution >= 0.6 is 34.2 Å². The number of carbonyl (C=O) groups excluding carboxylic acids is 1. The zero-order valence-electron chi connectivity index (χ0n) is 19.1. The maximum Gasteiger partial charge on any atom is 0.343 e. The Hall–Kier alpha value is -1.65. The molecule has 0 aliphatic rings. The third-order valence-electron chi connectivity index (χ3n) is 4.93. The number of ether oxygens (including phenoxy) is 3. The van der Waals surface area contributed by atoms with Gasteiger partial charge in [0.2, 0.25) is 0 Å². The standard InChI is InChI=1S/C23H30ClIN2O5/c1-6-31-22(29)16-14-27(9-8-17(16)28)19(23(2,3)4)13-15-12-18(20(24)26-21(15)25)32-11-7-10-30-5/h8-9,12,14,19H,6-7,10-11,13H2,1-5H3. The number of rotatable bonds is 10. The first-order valence-corrected chi connectivity index (χ1v) is 11.9. The van der Waals surface area contributed by atoms with Crippen LogP contribution in [0.2, 0.25) is 5.15 Å². The molecule has 7 nitrogen and oxygen atoms in total. The molecule has 0 N–H and O–H groups in total. The minimum atomic E-state index is -0.617. The van der Waals surface area contributed by atoms with Crippen molar-refractivity contribution >= 4 is 40.2 Å². The molecule has 9 heteroatoms. The van der Waals surface area contributed by atoms with Gasteiger partial charge >= 0.3 is 5.97 Å². The summed E-state index contributed by atoms with van der Waals surface area (Å²) in [6, 6.07) is 3.24. The van der Waals surface area contributed by atoms with Gasteiger partial charge < -0.3 is 18.8 Å². The van der Waals surface area contributed by atoms with Gasteiger partial charge in [0.25, 0.3) is 0 Å². The maximum absolute atomic E-state index is 12.2. The van der Waals surface area contributed by atoms with E-state index in [1.165, 1.54) is 6.07 Å². The molecule has 0 aliphatic heterocycles. The molecule has 2 heterocycles. The first-order chi connectivity index (χ1) is 15.1. The number of carbonyl (C=O) groups is 1. The van der Waals surface area contributed by atoms with E-state index in [9.17, 15) is 9.59 Å². The van der Waals surface area contributed by atoms with E-state index in [2.05, 4.69) is 48.3 Å². The molecule has 176 valence electrons. The van der Waals surface area contributed by atoms with Crippen LogP contribution in [-0.2, 0) is 15.9 Å². The molecular formula is C23H30ClIN2O5. The van der Waals surface area contributed by atoms with Gasteiger partial charge in [-0.3, -0.25) is 4.79 Å². The van der Waals surface area contributed by atoms with Gasteiger partial charge in [-0.15, -0.1) is 0 Å². The number of methoxy groups -OCH3 is 1. The van der Waals surface area contributed by atoms with Crippen LogP contribution in [0.1, 0.15) is 56.1 Å². The predicted octanol–water partition coefficient (Wildman–Crippen LogP) is 4.92. The second-order valence-electron chi connectivity index (χ2n) is 8.40. The largest absolute Gasteiger partial charge is 0.490 e. The molecule has 0 fully saturated rings. The summed E-state index contributed by atoms with van der Waals surface area (Å²) >= 11 is 8.46. The van der Waals surface area contributed by atoms with Crippen LogP contribution < -0.4 is 10.2 Å². The van der Waals surface area contributed by atoms with E-state index >= 15 is 0 Å². The monoisotopic (exact) mass is 576 g/mol. The van der Waals surface area contributed by atoms with Gasteiger partial charge in [-0.25, -0.2) is 9.78 Å². The smallest absolute Gasteiger partial charge is 0.343 e. The Labute approximate surface area is 207 Å². The molecule has 2 aromatic heterocycles. The summed E-state index contributed by atoms with van der Waals surface area (Å²) in [5.74, 6) is -0.0908. The van der Waals surface area contributed by atoms with E-state index in [0.717, 1.165) is 15.7 Å². The molecule has 0 radical (unpaired) electrons. The van der Waals surface area contributed by atoms with Gasteiger partial charge in [0.1, 0.15) is 9.26 Å². The summed E-state index contributed by atoms with van der Waals surface area (Å²) in [4.78, 5) is 28.9. The second kappa shape index (κ2) is 12.0. The highest BCUT2D eigenvalue weighted by molar-refractivity contribution is 14.1. The summed E-state index contributed by atoms with van der Waals surface area (Å²) < 4.78 is 18.6. The molecule has 0 saturated heterocycles. The highest BCUT2D eigenvalue weighted by Crippen LogP contribution is 2.36. The third-order valence-corrected chi connectivity index (χ3v) is 6.13. The van der Waals surface area contributed by atoms with Gasteiger partial charge in [0, 0.05) is 44.6 Å². The van der Waals surface area contributed by atoms with E-state index in [1.54, 1.807) is 26.4 Å². The Morgan fingerprint density at radius 2 is 2.03 bits per heavy atom. The molecule has 0 aliphatic carbocycles. The molecule has 2 aromatic rings. The van der Waals surface area contributed by atoms with Crippen LogP contribution in [-0.4, -0.2) is 42.5 Å². The fourth-order valence-corrected chi connectivity index (χ4v) is 4.20. The fourth-order valence-electron chi connectivity index (χ4n) is 3.24. The minimum Gasteiger partial charge on any atom is -0.490 e. The van der Waals surface area contributed by atoms with Crippen molar-refractivity contribution in [2.45, 2.75) is 46.6 Å². The maximum atomic E-state index is 12.2. The highest BCUT2D eigenvalue weighted by Gasteiger charge is 2.28. The number of nitrogens with zero attached hydrogens (tertiary/aromatic N) is 2. The third kappa shape index (κ3) is 7.18. The average molecular weight is 577 g/mol. The number of halogens is 2. The van der Waals surface area contributed by atoms with E-state index < -0.39 is 5.97 Å². The summed E-state index contributed by atoms with van der Waals surface area (Å²) in [6.07, 6.45) is 4.63. The molecule has 0 spiro atoms. The Balaban J connectivity index is 2.39. The Morgan fingerprint density at radius 1 is 1.31 bits per heavy atom. The second-order valence-corrected chi connectivity index (χ2v) is 9.78. The zero-order chi connectivity index (χ0) is 23.9. The SMILES string of the molecule is CCOC(=O)c1cn(C(Cc2cc(OCCCOC)c(Cl)nc2I)C(C)(C)C)ccc1=O. The van der Waals surface area contributed by atoms with Gasteiger partial charge in [-0.05, 0) is 53.0 Å². The van der Waals surface area contributed by atoms with Crippen LogP contribution in [0, 0.1) is 9.12 Å². The molecule has 0 aromatic carbocycles. The molecule has 0 saturated carbocycles. The highest BCUT2D eigenvalue weighted by atomic mass is 127. The van der Waals surface area contributed by atoms with Crippen molar-refractivity contribution in [2.24, 2.45) is 5.41 Å². The van der Waals surface area contributed by atoms with E-state index in [1.807, 2.05) is 10.6 Å². The lowest BCUT2D eigenvalue weighted by Crippen LogP contribution is -2.29. The Morgan fingerprint density at radius 3 is 2.66 bits per heavy atom. The van der Waals surface area contributed by atoms with E-state index in [-0.39, 0.29) is 29.1 Å². The summed E-state index contributed by atoms with van der Waals surface area (Å²) in [5, 5.41) is 0.316. The van der Waals surface area contributed by atoms with Gasteiger partial charge in [0.15, 0.2) is 16.3 Å². The van der Waals surface area contributed by atoms with Gasteiger partial charge in [0.05, 0.1) is 13.2 Å². The van der Waals surface area contributed by atoms with Crippen molar-refractivity contribution in [1.29, 1.82) is 0 Å². The van der Waals surface area contributed by atoms with Crippen molar-refractivity contribution in [3.63, 3.8) is 0 Å². The average Bonchev–Trinajstić information content (AvgIpc) is 2.71. The van der Waals surface area contributed by atoms with Crippen LogP contribution in [0.3, 0.4) is 0 Å². The molecule has 32 heavy (non-hydrogen) atoms. The molecule has 2 rings (SSSR count). The van der Waals surface area contributed by atoms with Crippen LogP contribution in [0.4, 0.5) is 0 Å². The number of hydrogen-bond donors (Lipinski definition) is 0. The normalized spacial score (nSPS) is 12.5. The quantitative estimate of drug-likeness (QED) is 0.173. The zero-order valence-corrected chi connectivity index (χ0v) is 22.0. The molecule has 1 unspecified atom stereocenters. The first kappa shape index (κ1) is 26.6. The predicted molar refractivity (Wildman–Crippen MR) is 133 cm³/mol. The topological polar surface area (TPSA) is 79.7 Å². The summed E-state index contributed by atoms with van der Waals surface area (Å²) in [5.41, 5.74) is 0.438. The molecule has 1 atom stereocenters. The van der Waals surface area contributed by atoms with Gasteiger partial charge in [-0.2, -0.15) is 0 Å². The number of esters is 1. The number of pyridine rings is 2. The first-order valence-electron chi connectivity index (χ1n) is 10.4. The van der Waals surface area contributed by atoms with E-state index in [0.29, 0.717) is 30.5 Å².